The molecule has 11 heteroatoms. The van der Waals surface area contributed by atoms with E-state index in [2.05, 4.69) is 15.3 Å². The molecule has 36 heavy (non-hydrogen) atoms. The molecule has 9 nitrogen and oxygen atoms in total. The van der Waals surface area contributed by atoms with Crippen molar-refractivity contribution in [3.05, 3.63) is 71.9 Å². The minimum Gasteiger partial charge on any atom is -0.353 e. The lowest BCUT2D eigenvalue weighted by atomic mass is 10.1. The maximum absolute atomic E-state index is 14.3. The van der Waals surface area contributed by atoms with E-state index in [9.17, 15) is 22.4 Å². The van der Waals surface area contributed by atoms with Crippen molar-refractivity contribution in [2.45, 2.75) is 11.8 Å². The van der Waals surface area contributed by atoms with Gasteiger partial charge in [-0.25, -0.2) is 22.8 Å². The maximum atomic E-state index is 14.3. The molecule has 0 unspecified atom stereocenters. The van der Waals surface area contributed by atoms with Crippen molar-refractivity contribution < 1.29 is 22.4 Å². The van der Waals surface area contributed by atoms with E-state index in [4.69, 9.17) is 0 Å². The summed E-state index contributed by atoms with van der Waals surface area (Å²) >= 11 is 0. The van der Waals surface area contributed by atoms with Crippen molar-refractivity contribution in [2.24, 2.45) is 0 Å². The van der Waals surface area contributed by atoms with Crippen molar-refractivity contribution in [3.63, 3.8) is 0 Å². The maximum Gasteiger partial charge on any atom is 0.254 e. The minimum atomic E-state index is -3.61. The van der Waals surface area contributed by atoms with Crippen LogP contribution in [-0.4, -0.2) is 65.6 Å². The molecule has 0 saturated carbocycles. The lowest BCUT2D eigenvalue weighted by molar-refractivity contribution is -0.123. The summed E-state index contributed by atoms with van der Waals surface area (Å²) in [6.45, 7) is 2.54. The highest BCUT2D eigenvalue weighted by atomic mass is 32.2. The number of nitrogens with one attached hydrogen (secondary N) is 1. The average Bonchev–Trinajstić information content (AvgIpc) is 3.25. The number of sulfone groups is 1. The molecule has 2 aromatic carbocycles. The second-order valence-electron chi connectivity index (χ2n) is 8.70. The van der Waals surface area contributed by atoms with Gasteiger partial charge in [0, 0.05) is 60.0 Å². The van der Waals surface area contributed by atoms with Gasteiger partial charge in [0.1, 0.15) is 5.82 Å². The molecule has 0 bridgehead atoms. The van der Waals surface area contributed by atoms with Gasteiger partial charge in [-0.2, -0.15) is 0 Å². The summed E-state index contributed by atoms with van der Waals surface area (Å²) in [7, 11) is -3.61. The lowest BCUT2D eigenvalue weighted by Gasteiger charge is -2.26. The molecule has 1 N–H and O–H groups in total. The summed E-state index contributed by atoms with van der Waals surface area (Å²) in [6.07, 6.45) is 5.44. The van der Waals surface area contributed by atoms with Crippen molar-refractivity contribution in [1.82, 2.24) is 24.8 Å². The monoisotopic (exact) mass is 507 g/mol. The highest BCUT2D eigenvalue weighted by Crippen LogP contribution is 2.29. The summed E-state index contributed by atoms with van der Waals surface area (Å²) in [6, 6.07) is 9.41. The van der Waals surface area contributed by atoms with E-state index in [0.29, 0.717) is 40.7 Å². The van der Waals surface area contributed by atoms with Gasteiger partial charge < -0.3 is 10.2 Å². The van der Waals surface area contributed by atoms with E-state index < -0.39 is 15.7 Å². The van der Waals surface area contributed by atoms with Crippen LogP contribution < -0.4 is 5.32 Å². The third kappa shape index (κ3) is 4.33. The fourth-order valence-corrected chi connectivity index (χ4v) is 5.10. The van der Waals surface area contributed by atoms with E-state index in [1.807, 2.05) is 6.92 Å². The Bertz CT molecular complexity index is 1630. The number of rotatable bonds is 4. The minimum absolute atomic E-state index is 0.0490. The van der Waals surface area contributed by atoms with Gasteiger partial charge in [0.15, 0.2) is 9.84 Å². The largest absolute Gasteiger partial charge is 0.353 e. The summed E-state index contributed by atoms with van der Waals surface area (Å²) in [4.78, 5) is 35.0. The first-order chi connectivity index (χ1) is 17.1. The first-order valence-electron chi connectivity index (χ1n) is 11.1. The number of hydrogen-bond donors (Lipinski definition) is 1. The van der Waals surface area contributed by atoms with Gasteiger partial charge >= 0.3 is 0 Å². The zero-order valence-electron chi connectivity index (χ0n) is 19.5. The number of amides is 2. The van der Waals surface area contributed by atoms with Crippen LogP contribution in [0.4, 0.5) is 4.39 Å². The molecule has 184 valence electrons. The number of fused-ring (bicyclic) bond motifs is 1. The molecule has 2 amide bonds. The molecule has 1 fully saturated rings. The van der Waals surface area contributed by atoms with E-state index in [1.165, 1.54) is 34.1 Å². The highest BCUT2D eigenvalue weighted by Gasteiger charge is 2.25. The molecule has 1 aliphatic rings. The number of benzene rings is 2. The summed E-state index contributed by atoms with van der Waals surface area (Å²) in [5.74, 6) is -0.825. The zero-order chi connectivity index (χ0) is 25.6. The van der Waals surface area contributed by atoms with Gasteiger partial charge in [-0.3, -0.25) is 14.2 Å². The number of nitrogens with zero attached hydrogens (tertiary/aromatic N) is 4. The van der Waals surface area contributed by atoms with E-state index in [0.717, 1.165) is 11.8 Å². The van der Waals surface area contributed by atoms with Crippen LogP contribution in [0.2, 0.25) is 0 Å². The molecule has 3 heterocycles. The second-order valence-corrected chi connectivity index (χ2v) is 10.7. The summed E-state index contributed by atoms with van der Waals surface area (Å²) in [5.41, 5.74) is 2.42. The Kier molecular flexibility index (Phi) is 5.79. The molecular weight excluding hydrogens is 485 g/mol. The Morgan fingerprint density at radius 2 is 1.86 bits per heavy atom. The SMILES string of the molecule is Cc1ccc(F)c(-c2cnc(-n3cc(S(C)(=O)=O)c4ccc(C(=O)N5CCNC(=O)C5)cc43)nc2)c1. The Labute approximate surface area is 206 Å². The molecule has 1 saturated heterocycles. The predicted octanol–water partition coefficient (Wildman–Crippen LogP) is 2.51. The highest BCUT2D eigenvalue weighted by molar-refractivity contribution is 7.91. The number of carbonyl (C=O) groups is 2. The van der Waals surface area contributed by atoms with Gasteiger partial charge in [-0.15, -0.1) is 0 Å². The molecule has 0 radical (unpaired) electrons. The fraction of sp³-hybridized carbons (Fsp3) is 0.200. The van der Waals surface area contributed by atoms with Crippen LogP contribution in [0.1, 0.15) is 15.9 Å². The van der Waals surface area contributed by atoms with Crippen molar-refractivity contribution >= 4 is 32.6 Å². The van der Waals surface area contributed by atoms with Gasteiger partial charge in [-0.1, -0.05) is 17.7 Å². The molecular formula is C25H22FN5O4S. The standard InChI is InChI=1S/C25H22FN5O4S/c1-15-3-6-20(26)19(9-15)17-11-28-25(29-12-17)31-13-22(36(2,34)35)18-5-4-16(10-21(18)31)24(33)30-8-7-27-23(32)14-30/h3-6,9-13H,7-8,14H2,1-2H3,(H,27,32). The third-order valence-electron chi connectivity index (χ3n) is 6.03. The number of hydrogen-bond acceptors (Lipinski definition) is 6. The Hall–Kier alpha value is -4.12. The summed E-state index contributed by atoms with van der Waals surface area (Å²) < 4.78 is 40.8. The quantitative estimate of drug-likeness (QED) is 0.454. The van der Waals surface area contributed by atoms with Crippen molar-refractivity contribution in [3.8, 4) is 17.1 Å². The number of aromatic nitrogens is 3. The first-order valence-corrected chi connectivity index (χ1v) is 13.0. The number of piperazine rings is 1. The third-order valence-corrected chi connectivity index (χ3v) is 7.15. The Morgan fingerprint density at radius 1 is 1.11 bits per heavy atom. The zero-order valence-corrected chi connectivity index (χ0v) is 20.3. The second kappa shape index (κ2) is 8.83. The molecule has 4 aromatic rings. The first kappa shape index (κ1) is 23.6. The van der Waals surface area contributed by atoms with Crippen LogP contribution in [0, 0.1) is 12.7 Å². The molecule has 0 atom stereocenters. The Morgan fingerprint density at radius 3 is 2.56 bits per heavy atom. The fourth-order valence-electron chi connectivity index (χ4n) is 4.23. The normalized spacial score (nSPS) is 14.2. The topological polar surface area (TPSA) is 114 Å². The number of aryl methyl sites for hydroxylation is 1. The van der Waals surface area contributed by atoms with Crippen LogP contribution >= 0.6 is 0 Å². The molecule has 1 aliphatic heterocycles. The predicted molar refractivity (Wildman–Crippen MR) is 131 cm³/mol. The number of carbonyl (C=O) groups excluding carboxylic acids is 2. The van der Waals surface area contributed by atoms with Gasteiger partial charge in [0.25, 0.3) is 5.91 Å². The van der Waals surface area contributed by atoms with E-state index in [1.54, 1.807) is 30.3 Å². The van der Waals surface area contributed by atoms with Crippen molar-refractivity contribution in [2.75, 3.05) is 25.9 Å². The van der Waals surface area contributed by atoms with Crippen LogP contribution in [-0.2, 0) is 14.6 Å². The van der Waals surface area contributed by atoms with Crippen molar-refractivity contribution in [1.29, 1.82) is 0 Å². The molecule has 0 aliphatic carbocycles. The molecule has 2 aromatic heterocycles. The molecule has 5 rings (SSSR count). The van der Waals surface area contributed by atoms with Crippen LogP contribution in [0.5, 0.6) is 0 Å². The Balaban J connectivity index is 1.60. The smallest absolute Gasteiger partial charge is 0.254 e. The van der Waals surface area contributed by atoms with Crippen LogP contribution in [0.25, 0.3) is 28.0 Å². The average molecular weight is 508 g/mol. The lowest BCUT2D eigenvalue weighted by Crippen LogP contribution is -2.49. The van der Waals surface area contributed by atoms with Gasteiger partial charge in [-0.05, 0) is 31.2 Å². The summed E-state index contributed by atoms with van der Waals surface area (Å²) in [5, 5.41) is 3.08. The number of halogens is 1. The molecule has 0 spiro atoms. The van der Waals surface area contributed by atoms with Gasteiger partial charge in [0.05, 0.1) is 17.0 Å². The van der Waals surface area contributed by atoms with Gasteiger partial charge in [0.2, 0.25) is 11.9 Å². The van der Waals surface area contributed by atoms with Crippen LogP contribution in [0.3, 0.4) is 0 Å². The van der Waals surface area contributed by atoms with E-state index in [-0.39, 0.29) is 29.2 Å². The van der Waals surface area contributed by atoms with Crippen LogP contribution in [0.15, 0.2) is 59.9 Å². The van der Waals surface area contributed by atoms with E-state index >= 15 is 0 Å².